The molecule has 2 aliphatic heterocycles. The second-order valence-electron chi connectivity index (χ2n) is 7.17. The molecule has 5 unspecified atom stereocenters. The van der Waals surface area contributed by atoms with Crippen molar-refractivity contribution in [3.63, 3.8) is 0 Å². The molecule has 3 aliphatic rings. The van der Waals surface area contributed by atoms with Gasteiger partial charge < -0.3 is 10.2 Å². The third-order valence-corrected chi connectivity index (χ3v) is 6.11. The van der Waals surface area contributed by atoms with Crippen molar-refractivity contribution in [3.8, 4) is 0 Å². The number of halogens is 1. The third-order valence-electron chi connectivity index (χ3n) is 5.45. The van der Waals surface area contributed by atoms with E-state index in [2.05, 4.69) is 62.9 Å². The second kappa shape index (κ2) is 6.74. The van der Waals surface area contributed by atoms with Gasteiger partial charge in [-0.15, -0.1) is 0 Å². The minimum absolute atomic E-state index is 0.0389. The van der Waals surface area contributed by atoms with E-state index in [4.69, 9.17) is 4.74 Å². The fourth-order valence-corrected chi connectivity index (χ4v) is 4.58. The monoisotopic (exact) mass is 405 g/mol. The summed E-state index contributed by atoms with van der Waals surface area (Å²) >= 11 is 3.66. The van der Waals surface area contributed by atoms with Crippen LogP contribution in [0.2, 0.25) is 0 Å². The van der Waals surface area contributed by atoms with E-state index in [1.165, 1.54) is 11.1 Å². The highest BCUT2D eigenvalue weighted by Gasteiger charge is 2.52. The number of rotatable bonds is 4. The van der Waals surface area contributed by atoms with Gasteiger partial charge in [0.25, 0.3) is 0 Å². The number of nitrogens with zero attached hydrogens (tertiary/aromatic N) is 1. The Labute approximate surface area is 156 Å². The first-order valence-corrected chi connectivity index (χ1v) is 9.77. The van der Waals surface area contributed by atoms with Gasteiger partial charge in [0, 0.05) is 16.7 Å². The number of esters is 1. The molecule has 5 atom stereocenters. The van der Waals surface area contributed by atoms with E-state index in [1.807, 2.05) is 13.1 Å². The van der Waals surface area contributed by atoms with Gasteiger partial charge >= 0.3 is 5.97 Å². The van der Waals surface area contributed by atoms with Crippen LogP contribution in [0.4, 0.5) is 0 Å². The van der Waals surface area contributed by atoms with Crippen LogP contribution in [-0.4, -0.2) is 29.8 Å². The summed E-state index contributed by atoms with van der Waals surface area (Å²) in [5, 5.41) is 5.97. The van der Waals surface area contributed by atoms with E-state index < -0.39 is 0 Å². The Kier molecular flexibility index (Phi) is 4.60. The van der Waals surface area contributed by atoms with Crippen LogP contribution in [0.25, 0.3) is 0 Å². The summed E-state index contributed by atoms with van der Waals surface area (Å²) in [5.41, 5.74) is 5.96. The first-order valence-electron chi connectivity index (χ1n) is 8.97. The lowest BCUT2D eigenvalue weighted by atomic mass is 9.92. The standard InChI is InChI=1S/C19H24BrN3O2/c1-3-25-19(24)14-8-13(14)16-9-17(12-6-4-5-11(2)7-12)23-18(22-16)15(20)10-21-23/h4-7,10,13-14,16-18,21-22H,3,8-9H2,1-2H3. The normalized spacial score (nSPS) is 34.0. The first kappa shape index (κ1) is 17.1. The van der Waals surface area contributed by atoms with Crippen molar-refractivity contribution in [2.75, 3.05) is 6.61 Å². The molecule has 2 N–H and O–H groups in total. The molecule has 4 rings (SSSR count). The number of carbonyl (C=O) groups is 1. The number of hydrazine groups is 1. The van der Waals surface area contributed by atoms with Crippen molar-refractivity contribution < 1.29 is 9.53 Å². The van der Waals surface area contributed by atoms with Crippen molar-refractivity contribution in [2.45, 2.75) is 44.9 Å². The van der Waals surface area contributed by atoms with E-state index in [0.717, 1.165) is 17.3 Å². The molecule has 1 aromatic carbocycles. The van der Waals surface area contributed by atoms with Gasteiger partial charge in [0.2, 0.25) is 0 Å². The quantitative estimate of drug-likeness (QED) is 0.754. The van der Waals surface area contributed by atoms with E-state index in [-0.39, 0.29) is 24.1 Å². The van der Waals surface area contributed by atoms with E-state index >= 15 is 0 Å². The van der Waals surface area contributed by atoms with Gasteiger partial charge in [-0.25, -0.2) is 0 Å². The molecular weight excluding hydrogens is 382 g/mol. The molecule has 1 aromatic rings. The van der Waals surface area contributed by atoms with E-state index in [0.29, 0.717) is 18.6 Å². The van der Waals surface area contributed by atoms with Gasteiger partial charge in [0.15, 0.2) is 0 Å². The van der Waals surface area contributed by atoms with Crippen LogP contribution < -0.4 is 10.7 Å². The number of hydrogen-bond acceptors (Lipinski definition) is 5. The van der Waals surface area contributed by atoms with Crippen LogP contribution >= 0.6 is 15.9 Å². The molecule has 0 aromatic heterocycles. The predicted octanol–water partition coefficient (Wildman–Crippen LogP) is 2.98. The highest BCUT2D eigenvalue weighted by molar-refractivity contribution is 9.11. The zero-order valence-electron chi connectivity index (χ0n) is 14.5. The zero-order chi connectivity index (χ0) is 17.6. The fourth-order valence-electron chi connectivity index (χ4n) is 4.13. The molecule has 0 radical (unpaired) electrons. The minimum Gasteiger partial charge on any atom is -0.466 e. The summed E-state index contributed by atoms with van der Waals surface area (Å²) in [6.07, 6.45) is 4.01. The lowest BCUT2D eigenvalue weighted by Crippen LogP contribution is -2.58. The van der Waals surface area contributed by atoms with Crippen molar-refractivity contribution in [3.05, 3.63) is 46.1 Å². The average molecular weight is 406 g/mol. The molecule has 6 heteroatoms. The number of fused-ring (bicyclic) bond motifs is 1. The lowest BCUT2D eigenvalue weighted by molar-refractivity contribution is -0.145. The van der Waals surface area contributed by atoms with Crippen LogP contribution in [0.3, 0.4) is 0 Å². The average Bonchev–Trinajstić information content (AvgIpc) is 3.32. The molecule has 0 amide bonds. The Morgan fingerprint density at radius 2 is 2.24 bits per heavy atom. The molecule has 1 aliphatic carbocycles. The van der Waals surface area contributed by atoms with Gasteiger partial charge in [-0.2, -0.15) is 5.01 Å². The predicted molar refractivity (Wildman–Crippen MR) is 99.5 cm³/mol. The molecule has 5 nitrogen and oxygen atoms in total. The minimum atomic E-state index is -0.0389. The molecule has 2 fully saturated rings. The Morgan fingerprint density at radius 1 is 1.40 bits per heavy atom. The zero-order valence-corrected chi connectivity index (χ0v) is 16.1. The Balaban J connectivity index is 1.55. The van der Waals surface area contributed by atoms with Crippen molar-refractivity contribution in [1.29, 1.82) is 0 Å². The smallest absolute Gasteiger partial charge is 0.309 e. The van der Waals surface area contributed by atoms with Crippen molar-refractivity contribution in [2.24, 2.45) is 11.8 Å². The summed E-state index contributed by atoms with van der Waals surface area (Å²) in [6, 6.07) is 9.28. The molecule has 1 saturated heterocycles. The summed E-state index contributed by atoms with van der Waals surface area (Å²) in [5.74, 6) is 0.386. The molecule has 0 bridgehead atoms. The summed E-state index contributed by atoms with van der Waals surface area (Å²) < 4.78 is 6.31. The van der Waals surface area contributed by atoms with Gasteiger partial charge in [-0.05, 0) is 38.2 Å². The number of nitrogens with one attached hydrogen (secondary N) is 2. The topological polar surface area (TPSA) is 53.6 Å². The maximum atomic E-state index is 12.1. The number of hydrogen-bond donors (Lipinski definition) is 2. The lowest BCUT2D eigenvalue weighted by Gasteiger charge is -2.43. The number of carbonyl (C=O) groups excluding carboxylic acids is 1. The Bertz CT molecular complexity index is 708. The van der Waals surface area contributed by atoms with Gasteiger partial charge in [0.05, 0.1) is 18.6 Å². The van der Waals surface area contributed by atoms with E-state index in [1.54, 1.807) is 0 Å². The van der Waals surface area contributed by atoms with Gasteiger partial charge in [0.1, 0.15) is 6.17 Å². The van der Waals surface area contributed by atoms with Crippen LogP contribution in [-0.2, 0) is 9.53 Å². The van der Waals surface area contributed by atoms with Crippen molar-refractivity contribution in [1.82, 2.24) is 15.8 Å². The van der Waals surface area contributed by atoms with Crippen LogP contribution in [0, 0.1) is 18.8 Å². The summed E-state index contributed by atoms with van der Waals surface area (Å²) in [4.78, 5) is 12.1. The Hall–Kier alpha value is -1.37. The highest BCUT2D eigenvalue weighted by atomic mass is 79.9. The molecule has 1 saturated carbocycles. The maximum Gasteiger partial charge on any atom is 0.309 e. The molecular formula is C19H24BrN3O2. The Morgan fingerprint density at radius 3 is 3.00 bits per heavy atom. The third kappa shape index (κ3) is 3.23. The first-order chi connectivity index (χ1) is 12.1. The fraction of sp³-hybridized carbons (Fsp3) is 0.526. The number of benzene rings is 1. The second-order valence-corrected chi connectivity index (χ2v) is 8.08. The summed E-state index contributed by atoms with van der Waals surface area (Å²) in [7, 11) is 0. The molecule has 2 heterocycles. The molecule has 0 spiro atoms. The van der Waals surface area contributed by atoms with Crippen LogP contribution in [0.5, 0.6) is 0 Å². The van der Waals surface area contributed by atoms with E-state index in [9.17, 15) is 4.79 Å². The van der Waals surface area contributed by atoms with Crippen LogP contribution in [0.15, 0.2) is 34.9 Å². The highest BCUT2D eigenvalue weighted by Crippen LogP contribution is 2.48. The summed E-state index contributed by atoms with van der Waals surface area (Å²) in [6.45, 7) is 4.45. The number of ether oxygens (including phenoxy) is 1. The maximum absolute atomic E-state index is 12.1. The van der Waals surface area contributed by atoms with Crippen molar-refractivity contribution >= 4 is 21.9 Å². The SMILES string of the molecule is CCOC(=O)C1CC1C1CC(c2cccc(C)c2)N2NC=C(Br)C2N1. The largest absolute Gasteiger partial charge is 0.466 e. The number of aryl methyl sites for hydroxylation is 1. The van der Waals surface area contributed by atoms with Gasteiger partial charge in [-0.3, -0.25) is 10.1 Å². The molecule has 25 heavy (non-hydrogen) atoms. The molecule has 134 valence electrons. The van der Waals surface area contributed by atoms with Gasteiger partial charge in [-0.1, -0.05) is 45.8 Å². The van der Waals surface area contributed by atoms with Crippen LogP contribution in [0.1, 0.15) is 36.9 Å².